The highest BCUT2D eigenvalue weighted by Gasteiger charge is 2.54. The second kappa shape index (κ2) is 17.2. The predicted octanol–water partition coefficient (Wildman–Crippen LogP) is 19.8. The predicted molar refractivity (Wildman–Crippen MR) is 315 cm³/mol. The average Bonchev–Trinajstić information content (AvgIpc) is 4.09. The molecule has 15 rings (SSSR count). The molecule has 2 aliphatic rings. The minimum Gasteiger partial charge on any atom is -0.310 e. The lowest BCUT2D eigenvalue weighted by Gasteiger charge is -2.33. The molecule has 0 aromatic heterocycles. The third-order valence-corrected chi connectivity index (χ3v) is 16.0. The largest absolute Gasteiger partial charge is 0.310 e. The fourth-order valence-electron chi connectivity index (χ4n) is 13.0. The quantitative estimate of drug-likeness (QED) is 0.140. The zero-order valence-electron chi connectivity index (χ0n) is 41.1. The number of anilines is 6. The van der Waals surface area contributed by atoms with Crippen LogP contribution in [0.15, 0.2) is 291 Å². The first kappa shape index (κ1) is 42.9. The molecule has 0 unspecified atom stereocenters. The van der Waals surface area contributed by atoms with Crippen molar-refractivity contribution in [3.8, 4) is 44.5 Å². The van der Waals surface area contributed by atoms with Crippen LogP contribution in [0.1, 0.15) is 22.3 Å². The molecule has 0 saturated heterocycles. The molecule has 0 atom stereocenters. The van der Waals surface area contributed by atoms with E-state index in [9.17, 15) is 0 Å². The Kier molecular flexibility index (Phi) is 9.83. The third-order valence-electron chi connectivity index (χ3n) is 16.0. The molecule has 0 heterocycles. The van der Waals surface area contributed by atoms with Crippen molar-refractivity contribution >= 4 is 66.4 Å². The molecule has 0 saturated carbocycles. The molecule has 0 aliphatic heterocycles. The molecule has 0 fully saturated rings. The summed E-state index contributed by atoms with van der Waals surface area (Å²) in [6.07, 6.45) is 0. The molecule has 75 heavy (non-hydrogen) atoms. The van der Waals surface area contributed by atoms with Crippen molar-refractivity contribution in [2.75, 3.05) is 9.80 Å². The molecular formula is C73H48N2. The lowest BCUT2D eigenvalue weighted by Crippen LogP contribution is -2.26. The number of nitrogens with zero attached hydrogens (tertiary/aromatic N) is 2. The summed E-state index contributed by atoms with van der Waals surface area (Å²) in [5.74, 6) is 0. The maximum absolute atomic E-state index is 2.46. The van der Waals surface area contributed by atoms with Gasteiger partial charge >= 0.3 is 0 Å². The summed E-state index contributed by atoms with van der Waals surface area (Å²) < 4.78 is 0. The minimum atomic E-state index is -0.624. The Morgan fingerprint density at radius 2 is 0.680 bits per heavy atom. The second-order valence-electron chi connectivity index (χ2n) is 19.9. The van der Waals surface area contributed by atoms with Crippen molar-refractivity contribution in [2.45, 2.75) is 5.41 Å². The Hall–Kier alpha value is -9.76. The van der Waals surface area contributed by atoms with Gasteiger partial charge in [0, 0.05) is 33.9 Å². The summed E-state index contributed by atoms with van der Waals surface area (Å²) in [7, 11) is 0. The fourth-order valence-corrected chi connectivity index (χ4v) is 13.0. The van der Waals surface area contributed by atoms with Gasteiger partial charge in [-0.2, -0.15) is 0 Å². The van der Waals surface area contributed by atoms with Crippen LogP contribution in [0, 0.1) is 0 Å². The number of benzene rings is 13. The van der Waals surface area contributed by atoms with E-state index in [1.165, 1.54) is 99.1 Å². The Morgan fingerprint density at radius 1 is 0.240 bits per heavy atom. The molecule has 2 aliphatic carbocycles. The van der Waals surface area contributed by atoms with Gasteiger partial charge in [-0.1, -0.05) is 231 Å². The molecule has 13 aromatic rings. The molecule has 2 nitrogen and oxygen atoms in total. The van der Waals surface area contributed by atoms with E-state index in [4.69, 9.17) is 0 Å². The Bertz CT molecular complexity index is 4310. The minimum absolute atomic E-state index is 0.624. The first-order chi connectivity index (χ1) is 37.3. The second-order valence-corrected chi connectivity index (χ2v) is 19.9. The summed E-state index contributed by atoms with van der Waals surface area (Å²) in [6, 6.07) is 108. The number of hydrogen-bond acceptors (Lipinski definition) is 2. The normalized spacial score (nSPS) is 12.6. The average molecular weight is 953 g/mol. The van der Waals surface area contributed by atoms with E-state index < -0.39 is 5.41 Å². The van der Waals surface area contributed by atoms with Crippen LogP contribution in [0.4, 0.5) is 34.1 Å². The standard InChI is InChI=1S/C73H48N2/c1-5-23-49(24-6-1)56-31-17-21-39-68(56)74(52-27-9-3-10-28-52)54-42-45-58-51(47-54)41-44-64-70-62-36-14-13-33-59(62)65-48-55(75(53-29-11-4-12-30-53)69-40-22-18-32-57(69)50-25-7-2-8-26-50)43-46-63(65)72(70)73(71(58)64)66-37-19-15-34-60(66)61-35-16-20-38-67(61)73/h1-48H. The molecule has 0 N–H and O–H groups in total. The van der Waals surface area contributed by atoms with Gasteiger partial charge in [0.05, 0.1) is 16.8 Å². The summed E-state index contributed by atoms with van der Waals surface area (Å²) in [5.41, 5.74) is 21.3. The summed E-state index contributed by atoms with van der Waals surface area (Å²) in [6.45, 7) is 0. The summed E-state index contributed by atoms with van der Waals surface area (Å²) in [5, 5.41) is 7.45. The van der Waals surface area contributed by atoms with Gasteiger partial charge in [0.1, 0.15) is 0 Å². The zero-order chi connectivity index (χ0) is 49.5. The van der Waals surface area contributed by atoms with E-state index in [1.807, 2.05) is 0 Å². The summed E-state index contributed by atoms with van der Waals surface area (Å²) in [4.78, 5) is 4.87. The molecule has 13 aromatic carbocycles. The monoisotopic (exact) mass is 952 g/mol. The van der Waals surface area contributed by atoms with Gasteiger partial charge < -0.3 is 9.80 Å². The fraction of sp³-hybridized carbons (Fsp3) is 0.0137. The Morgan fingerprint density at radius 3 is 1.24 bits per heavy atom. The number of rotatable bonds is 8. The van der Waals surface area contributed by atoms with Crippen LogP contribution < -0.4 is 9.80 Å². The smallest absolute Gasteiger partial charge is 0.0737 e. The van der Waals surface area contributed by atoms with Crippen LogP contribution in [-0.4, -0.2) is 0 Å². The van der Waals surface area contributed by atoms with Crippen molar-refractivity contribution in [3.63, 3.8) is 0 Å². The Balaban J connectivity index is 1.01. The van der Waals surface area contributed by atoms with Crippen LogP contribution >= 0.6 is 0 Å². The van der Waals surface area contributed by atoms with Crippen LogP contribution in [0.5, 0.6) is 0 Å². The van der Waals surface area contributed by atoms with Crippen LogP contribution in [0.2, 0.25) is 0 Å². The van der Waals surface area contributed by atoms with E-state index in [0.717, 1.165) is 34.1 Å². The van der Waals surface area contributed by atoms with E-state index in [0.29, 0.717) is 0 Å². The van der Waals surface area contributed by atoms with Crippen molar-refractivity contribution in [2.24, 2.45) is 0 Å². The van der Waals surface area contributed by atoms with Crippen molar-refractivity contribution in [1.29, 1.82) is 0 Å². The van der Waals surface area contributed by atoms with E-state index in [-0.39, 0.29) is 0 Å². The molecule has 0 radical (unpaired) electrons. The van der Waals surface area contributed by atoms with Crippen molar-refractivity contribution < 1.29 is 0 Å². The van der Waals surface area contributed by atoms with Gasteiger partial charge in [0.15, 0.2) is 0 Å². The highest BCUT2D eigenvalue weighted by atomic mass is 15.1. The highest BCUT2D eigenvalue weighted by Crippen LogP contribution is 2.67. The zero-order valence-corrected chi connectivity index (χ0v) is 41.1. The van der Waals surface area contributed by atoms with E-state index in [1.54, 1.807) is 0 Å². The molecule has 0 bridgehead atoms. The first-order valence-corrected chi connectivity index (χ1v) is 26.0. The molecule has 2 heteroatoms. The molecule has 350 valence electrons. The first-order valence-electron chi connectivity index (χ1n) is 26.0. The van der Waals surface area contributed by atoms with E-state index >= 15 is 0 Å². The van der Waals surface area contributed by atoms with Gasteiger partial charge in [0.2, 0.25) is 0 Å². The number of fused-ring (bicyclic) bond motifs is 17. The molecular weight excluding hydrogens is 905 g/mol. The number of hydrogen-bond donors (Lipinski definition) is 0. The van der Waals surface area contributed by atoms with Crippen molar-refractivity contribution in [3.05, 3.63) is 313 Å². The van der Waals surface area contributed by atoms with Gasteiger partial charge in [-0.05, 0) is 149 Å². The lowest BCUT2D eigenvalue weighted by atomic mass is 9.68. The SMILES string of the molecule is c1ccc(-c2ccccc2N(c2ccccc2)c2ccc3c4c(ccc3c2)-c2c(c3ccc(N(c5ccccc5)c5ccccc5-c5ccccc5)cc3c3ccccc23)C42c3ccccc3-c3ccccc32)cc1. The highest BCUT2D eigenvalue weighted by molar-refractivity contribution is 6.22. The maximum Gasteiger partial charge on any atom is 0.0737 e. The van der Waals surface area contributed by atoms with Crippen molar-refractivity contribution in [1.82, 2.24) is 0 Å². The van der Waals surface area contributed by atoms with Crippen LogP contribution in [0.3, 0.4) is 0 Å². The topological polar surface area (TPSA) is 6.48 Å². The van der Waals surface area contributed by atoms with Crippen LogP contribution in [0.25, 0.3) is 76.8 Å². The Labute approximate surface area is 437 Å². The number of para-hydroxylation sites is 4. The van der Waals surface area contributed by atoms with Gasteiger partial charge in [0.25, 0.3) is 0 Å². The van der Waals surface area contributed by atoms with E-state index in [2.05, 4.69) is 301 Å². The molecule has 0 amide bonds. The molecule has 1 spiro atoms. The maximum atomic E-state index is 2.46. The van der Waals surface area contributed by atoms with Crippen LogP contribution in [-0.2, 0) is 5.41 Å². The lowest BCUT2D eigenvalue weighted by molar-refractivity contribution is 0.809. The summed E-state index contributed by atoms with van der Waals surface area (Å²) >= 11 is 0. The third kappa shape index (κ3) is 6.46. The van der Waals surface area contributed by atoms with Gasteiger partial charge in [-0.25, -0.2) is 0 Å². The van der Waals surface area contributed by atoms with Gasteiger partial charge in [-0.15, -0.1) is 0 Å². The van der Waals surface area contributed by atoms with Gasteiger partial charge in [-0.3, -0.25) is 0 Å².